The van der Waals surface area contributed by atoms with Crippen molar-refractivity contribution < 1.29 is 19.1 Å². The lowest BCUT2D eigenvalue weighted by Crippen LogP contribution is -2.45. The van der Waals surface area contributed by atoms with Crippen LogP contribution in [0.5, 0.6) is 5.75 Å². The molecule has 7 nitrogen and oxygen atoms in total. The molecule has 0 radical (unpaired) electrons. The van der Waals surface area contributed by atoms with Gasteiger partial charge in [-0.1, -0.05) is 18.2 Å². The van der Waals surface area contributed by atoms with Gasteiger partial charge in [-0.15, -0.1) is 0 Å². The number of ether oxygens (including phenoxy) is 2. The molecule has 0 aromatic heterocycles. The lowest BCUT2D eigenvalue weighted by molar-refractivity contribution is -0.128. The van der Waals surface area contributed by atoms with Gasteiger partial charge in [0, 0.05) is 31.0 Å². The van der Waals surface area contributed by atoms with E-state index in [1.807, 2.05) is 42.5 Å². The number of hydrogen-bond donors (Lipinski definition) is 2. The first-order chi connectivity index (χ1) is 14.1. The quantitative estimate of drug-likeness (QED) is 0.806. The van der Waals surface area contributed by atoms with Gasteiger partial charge < -0.3 is 25.0 Å². The van der Waals surface area contributed by atoms with Gasteiger partial charge >= 0.3 is 0 Å². The molecule has 0 aliphatic carbocycles. The van der Waals surface area contributed by atoms with Crippen LogP contribution in [0.1, 0.15) is 11.1 Å². The Hall–Kier alpha value is -2.90. The van der Waals surface area contributed by atoms with Crippen molar-refractivity contribution in [3.63, 3.8) is 0 Å². The first-order valence-electron chi connectivity index (χ1n) is 9.83. The number of carbonyl (C=O) groups excluding carboxylic acids is 2. The molecule has 2 N–H and O–H groups in total. The highest BCUT2D eigenvalue weighted by molar-refractivity contribution is 5.99. The maximum Gasteiger partial charge on any atom is 0.254 e. The number of nitrogens with one attached hydrogen (secondary N) is 2. The van der Waals surface area contributed by atoms with E-state index in [9.17, 15) is 9.59 Å². The summed E-state index contributed by atoms with van der Waals surface area (Å²) in [4.78, 5) is 27.1. The zero-order valence-corrected chi connectivity index (χ0v) is 16.4. The fourth-order valence-corrected chi connectivity index (χ4v) is 3.73. The Kier molecular flexibility index (Phi) is 5.78. The van der Waals surface area contributed by atoms with E-state index in [4.69, 9.17) is 9.47 Å². The van der Waals surface area contributed by atoms with E-state index in [-0.39, 0.29) is 11.8 Å². The van der Waals surface area contributed by atoms with Crippen molar-refractivity contribution in [1.29, 1.82) is 0 Å². The standard InChI is InChI=1S/C22H25N3O4/c1-28-18-4-2-3-15(11-18)12-21(26)25-9-7-16-5-6-17(13-19(16)25)24-22(27)20-14-23-8-10-29-20/h2-6,11,13,20,23H,7-10,12,14H2,1H3,(H,24,27). The van der Waals surface area contributed by atoms with Crippen molar-refractivity contribution in [3.8, 4) is 5.75 Å². The molecule has 29 heavy (non-hydrogen) atoms. The molecule has 7 heteroatoms. The summed E-state index contributed by atoms with van der Waals surface area (Å²) < 4.78 is 10.7. The topological polar surface area (TPSA) is 79.9 Å². The van der Waals surface area contributed by atoms with Gasteiger partial charge in [0.15, 0.2) is 0 Å². The molecule has 1 unspecified atom stereocenters. The van der Waals surface area contributed by atoms with E-state index in [2.05, 4.69) is 10.6 Å². The second-order valence-corrected chi connectivity index (χ2v) is 7.22. The number of carbonyl (C=O) groups is 2. The highest BCUT2D eigenvalue weighted by Gasteiger charge is 2.26. The molecule has 1 saturated heterocycles. The molecular formula is C22H25N3O4. The number of hydrogen-bond acceptors (Lipinski definition) is 5. The summed E-state index contributed by atoms with van der Waals surface area (Å²) >= 11 is 0. The minimum atomic E-state index is -0.497. The van der Waals surface area contributed by atoms with Crippen LogP contribution in [0.4, 0.5) is 11.4 Å². The highest BCUT2D eigenvalue weighted by atomic mass is 16.5. The number of rotatable bonds is 5. The predicted molar refractivity (Wildman–Crippen MR) is 110 cm³/mol. The fraction of sp³-hybridized carbons (Fsp3) is 0.364. The Balaban J connectivity index is 1.46. The normalized spacial score (nSPS) is 18.2. The predicted octanol–water partition coefficient (Wildman–Crippen LogP) is 1.75. The number of fused-ring (bicyclic) bond motifs is 1. The molecule has 2 aromatic rings. The van der Waals surface area contributed by atoms with E-state index in [1.165, 1.54) is 0 Å². The minimum absolute atomic E-state index is 0.0280. The third-order valence-electron chi connectivity index (χ3n) is 5.26. The number of morpholine rings is 1. The monoisotopic (exact) mass is 395 g/mol. The molecule has 0 bridgehead atoms. The summed E-state index contributed by atoms with van der Waals surface area (Å²) in [5.41, 5.74) is 3.55. The largest absolute Gasteiger partial charge is 0.497 e. The third kappa shape index (κ3) is 4.41. The van der Waals surface area contributed by atoms with Crippen molar-refractivity contribution in [2.75, 3.05) is 43.6 Å². The van der Waals surface area contributed by atoms with Crippen LogP contribution in [-0.4, -0.2) is 51.3 Å². The average molecular weight is 395 g/mol. The molecule has 2 aliphatic rings. The molecule has 0 spiro atoms. The number of anilines is 2. The van der Waals surface area contributed by atoms with Crippen LogP contribution >= 0.6 is 0 Å². The first kappa shape index (κ1) is 19.4. The van der Waals surface area contributed by atoms with E-state index in [0.29, 0.717) is 31.8 Å². The summed E-state index contributed by atoms with van der Waals surface area (Å²) in [5.74, 6) is 0.589. The van der Waals surface area contributed by atoms with E-state index in [0.717, 1.165) is 35.5 Å². The molecular weight excluding hydrogens is 370 g/mol. The molecule has 2 aromatic carbocycles. The second kappa shape index (κ2) is 8.63. The number of nitrogens with zero attached hydrogens (tertiary/aromatic N) is 1. The molecule has 2 aliphatic heterocycles. The molecule has 1 fully saturated rings. The van der Waals surface area contributed by atoms with Crippen molar-refractivity contribution >= 4 is 23.2 Å². The maximum atomic E-state index is 12.9. The Morgan fingerprint density at radius 3 is 2.97 bits per heavy atom. The highest BCUT2D eigenvalue weighted by Crippen LogP contribution is 2.31. The Bertz CT molecular complexity index is 909. The van der Waals surface area contributed by atoms with E-state index in [1.54, 1.807) is 12.0 Å². The van der Waals surface area contributed by atoms with E-state index >= 15 is 0 Å². The zero-order valence-electron chi connectivity index (χ0n) is 16.4. The Morgan fingerprint density at radius 2 is 2.17 bits per heavy atom. The van der Waals surface area contributed by atoms with Crippen LogP contribution in [0, 0.1) is 0 Å². The van der Waals surface area contributed by atoms with Crippen LogP contribution in [0.15, 0.2) is 42.5 Å². The number of benzene rings is 2. The fourth-order valence-electron chi connectivity index (χ4n) is 3.73. The smallest absolute Gasteiger partial charge is 0.254 e. The minimum Gasteiger partial charge on any atom is -0.497 e. The summed E-state index contributed by atoms with van der Waals surface area (Å²) in [5, 5.41) is 6.06. The summed E-state index contributed by atoms with van der Waals surface area (Å²) in [6.45, 7) is 2.43. The maximum absolute atomic E-state index is 12.9. The van der Waals surface area contributed by atoms with Crippen molar-refractivity contribution in [2.24, 2.45) is 0 Å². The van der Waals surface area contributed by atoms with Crippen LogP contribution in [0.2, 0.25) is 0 Å². The van der Waals surface area contributed by atoms with Crippen molar-refractivity contribution in [2.45, 2.75) is 18.9 Å². The molecule has 2 heterocycles. The average Bonchev–Trinajstić information content (AvgIpc) is 3.18. The van der Waals surface area contributed by atoms with Gasteiger partial charge in [-0.2, -0.15) is 0 Å². The van der Waals surface area contributed by atoms with Crippen molar-refractivity contribution in [3.05, 3.63) is 53.6 Å². The molecule has 2 amide bonds. The second-order valence-electron chi connectivity index (χ2n) is 7.22. The lowest BCUT2D eigenvalue weighted by atomic mass is 10.1. The van der Waals surface area contributed by atoms with Crippen LogP contribution in [0.3, 0.4) is 0 Å². The molecule has 0 saturated carbocycles. The van der Waals surface area contributed by atoms with E-state index < -0.39 is 6.10 Å². The Morgan fingerprint density at radius 1 is 1.28 bits per heavy atom. The molecule has 152 valence electrons. The summed E-state index contributed by atoms with van der Waals surface area (Å²) in [7, 11) is 1.61. The molecule has 4 rings (SSSR count). The number of amides is 2. The van der Waals surface area contributed by atoms with Crippen LogP contribution in [-0.2, 0) is 27.2 Å². The summed E-state index contributed by atoms with van der Waals surface area (Å²) in [6.07, 6.45) is 0.612. The van der Waals surface area contributed by atoms with Crippen LogP contribution in [0.25, 0.3) is 0 Å². The van der Waals surface area contributed by atoms with Gasteiger partial charge in [-0.25, -0.2) is 0 Å². The van der Waals surface area contributed by atoms with Gasteiger partial charge in [-0.05, 0) is 41.8 Å². The van der Waals surface area contributed by atoms with Gasteiger partial charge in [0.25, 0.3) is 5.91 Å². The van der Waals surface area contributed by atoms with Gasteiger partial charge in [0.2, 0.25) is 5.91 Å². The third-order valence-corrected chi connectivity index (χ3v) is 5.26. The SMILES string of the molecule is COc1cccc(CC(=O)N2CCc3ccc(NC(=O)C4CNCCO4)cc32)c1. The van der Waals surface area contributed by atoms with Gasteiger partial charge in [-0.3, -0.25) is 9.59 Å². The Labute approximate surface area is 170 Å². The number of methoxy groups -OCH3 is 1. The van der Waals surface area contributed by atoms with Gasteiger partial charge in [0.05, 0.1) is 20.1 Å². The van der Waals surface area contributed by atoms with Gasteiger partial charge in [0.1, 0.15) is 11.9 Å². The first-order valence-corrected chi connectivity index (χ1v) is 9.83. The molecule has 1 atom stereocenters. The summed E-state index contributed by atoms with van der Waals surface area (Å²) in [6, 6.07) is 13.3. The van der Waals surface area contributed by atoms with Crippen LogP contribution < -0.4 is 20.3 Å². The zero-order chi connectivity index (χ0) is 20.2. The lowest BCUT2D eigenvalue weighted by Gasteiger charge is -2.23. The van der Waals surface area contributed by atoms with Crippen molar-refractivity contribution in [1.82, 2.24) is 5.32 Å².